The lowest BCUT2D eigenvalue weighted by atomic mass is 9.94. The minimum absolute atomic E-state index is 0.223. The number of rotatable bonds is 5. The molecule has 0 bridgehead atoms. The fourth-order valence-corrected chi connectivity index (χ4v) is 2.01. The topological polar surface area (TPSA) is 46.5 Å². The van der Waals surface area contributed by atoms with Gasteiger partial charge in [-0.3, -0.25) is 4.79 Å². The molecule has 1 saturated heterocycles. The Hall–Kier alpha value is -0.570. The van der Waals surface area contributed by atoms with Gasteiger partial charge in [0.2, 0.25) is 0 Å². The second kappa shape index (κ2) is 5.50. The van der Waals surface area contributed by atoms with Crippen LogP contribution in [0.3, 0.4) is 0 Å². The van der Waals surface area contributed by atoms with Crippen molar-refractivity contribution in [1.29, 1.82) is 0 Å². The number of cyclic esters (lactones) is 1. The molecule has 15 heavy (non-hydrogen) atoms. The molecule has 0 aromatic heterocycles. The zero-order valence-electron chi connectivity index (χ0n) is 9.90. The van der Waals surface area contributed by atoms with Gasteiger partial charge in [0.25, 0.3) is 0 Å². The normalized spacial score (nSPS) is 31.0. The summed E-state index contributed by atoms with van der Waals surface area (Å²) in [5.41, 5.74) is 0. The quantitative estimate of drug-likeness (QED) is 0.563. The molecule has 1 fully saturated rings. The molecular formula is C12H22O3. The first-order valence-corrected chi connectivity index (χ1v) is 5.91. The molecule has 0 spiro atoms. The van der Waals surface area contributed by atoms with Gasteiger partial charge in [0.1, 0.15) is 12.2 Å². The number of carbonyl (C=O) groups is 1. The first kappa shape index (κ1) is 12.5. The van der Waals surface area contributed by atoms with Gasteiger partial charge in [-0.2, -0.15) is 0 Å². The van der Waals surface area contributed by atoms with Crippen molar-refractivity contribution in [1.82, 2.24) is 0 Å². The third kappa shape index (κ3) is 3.49. The fourth-order valence-electron chi connectivity index (χ4n) is 2.01. The molecule has 3 atom stereocenters. The maximum absolute atomic E-state index is 11.3. The summed E-state index contributed by atoms with van der Waals surface area (Å²) in [5, 5.41) is 9.69. The molecule has 3 heteroatoms. The molecule has 1 heterocycles. The predicted molar refractivity (Wildman–Crippen MR) is 58.4 cm³/mol. The summed E-state index contributed by atoms with van der Waals surface area (Å²) in [7, 11) is 0. The number of unbranched alkanes of at least 4 members (excludes halogenated alkanes) is 1. The number of hydrogen-bond donors (Lipinski definition) is 1. The highest BCUT2D eigenvalue weighted by molar-refractivity contribution is 5.75. The van der Waals surface area contributed by atoms with Crippen LogP contribution in [0, 0.1) is 11.8 Å². The second-order valence-electron chi connectivity index (χ2n) is 4.92. The largest absolute Gasteiger partial charge is 0.460 e. The van der Waals surface area contributed by atoms with Crippen LogP contribution in [0.5, 0.6) is 0 Å². The Bertz CT molecular complexity index is 213. The Morgan fingerprint density at radius 1 is 1.40 bits per heavy atom. The molecule has 0 amide bonds. The van der Waals surface area contributed by atoms with Gasteiger partial charge in [-0.1, -0.05) is 33.1 Å². The van der Waals surface area contributed by atoms with Crippen LogP contribution in [0.15, 0.2) is 0 Å². The number of hydrogen-bond acceptors (Lipinski definition) is 3. The van der Waals surface area contributed by atoms with Crippen LogP contribution in [0.4, 0.5) is 0 Å². The van der Waals surface area contributed by atoms with E-state index in [9.17, 15) is 9.90 Å². The van der Waals surface area contributed by atoms with Crippen molar-refractivity contribution in [3.05, 3.63) is 0 Å². The number of aliphatic hydroxyl groups excluding tert-OH is 1. The molecular weight excluding hydrogens is 192 g/mol. The highest BCUT2D eigenvalue weighted by atomic mass is 16.6. The molecule has 3 nitrogen and oxygen atoms in total. The van der Waals surface area contributed by atoms with Crippen molar-refractivity contribution in [2.75, 3.05) is 0 Å². The van der Waals surface area contributed by atoms with Crippen LogP contribution in [0.2, 0.25) is 0 Å². The number of aliphatic hydroxyl groups is 1. The molecule has 0 unspecified atom stereocenters. The van der Waals surface area contributed by atoms with E-state index in [2.05, 4.69) is 13.8 Å². The van der Waals surface area contributed by atoms with Crippen LogP contribution in [-0.4, -0.2) is 23.3 Å². The third-order valence-electron chi connectivity index (χ3n) is 3.04. The fraction of sp³-hybridized carbons (Fsp3) is 0.917. The molecule has 0 aromatic carbocycles. The maximum Gasteiger partial charge on any atom is 0.312 e. The lowest BCUT2D eigenvalue weighted by molar-refractivity contribution is -0.143. The Morgan fingerprint density at radius 3 is 2.53 bits per heavy atom. The summed E-state index contributed by atoms with van der Waals surface area (Å²) in [6.07, 6.45) is 3.15. The van der Waals surface area contributed by atoms with E-state index >= 15 is 0 Å². The molecule has 0 saturated carbocycles. The van der Waals surface area contributed by atoms with Gasteiger partial charge in [0.15, 0.2) is 0 Å². The lowest BCUT2D eigenvalue weighted by Crippen LogP contribution is -2.24. The Balaban J connectivity index is 2.23. The predicted octanol–water partition coefficient (Wildman–Crippen LogP) is 2.13. The molecule has 0 aliphatic carbocycles. The zero-order valence-corrected chi connectivity index (χ0v) is 9.90. The van der Waals surface area contributed by atoms with E-state index in [0.717, 1.165) is 19.3 Å². The lowest BCUT2D eigenvalue weighted by Gasteiger charge is -2.11. The molecule has 0 radical (unpaired) electrons. The van der Waals surface area contributed by atoms with Gasteiger partial charge in [-0.15, -0.1) is 0 Å². The van der Waals surface area contributed by atoms with Crippen LogP contribution < -0.4 is 0 Å². The summed E-state index contributed by atoms with van der Waals surface area (Å²) in [6.45, 7) is 6.14. The number of esters is 1. The van der Waals surface area contributed by atoms with Crippen LogP contribution >= 0.6 is 0 Å². The smallest absolute Gasteiger partial charge is 0.312 e. The monoisotopic (exact) mass is 214 g/mol. The molecule has 1 aliphatic rings. The summed E-state index contributed by atoms with van der Waals surface area (Å²) in [4.78, 5) is 11.3. The van der Waals surface area contributed by atoms with Crippen molar-refractivity contribution in [2.24, 2.45) is 11.8 Å². The van der Waals surface area contributed by atoms with Crippen molar-refractivity contribution in [3.8, 4) is 0 Å². The van der Waals surface area contributed by atoms with Gasteiger partial charge in [0, 0.05) is 0 Å². The average molecular weight is 214 g/mol. The summed E-state index contributed by atoms with van der Waals surface area (Å²) < 4.78 is 4.98. The summed E-state index contributed by atoms with van der Waals surface area (Å²) >= 11 is 0. The van der Waals surface area contributed by atoms with Gasteiger partial charge in [-0.05, 0) is 19.3 Å². The van der Waals surface area contributed by atoms with Crippen molar-refractivity contribution in [3.63, 3.8) is 0 Å². The minimum Gasteiger partial charge on any atom is -0.460 e. The van der Waals surface area contributed by atoms with E-state index in [1.807, 2.05) is 0 Å². The van der Waals surface area contributed by atoms with E-state index in [1.54, 1.807) is 6.92 Å². The standard InChI is InChI=1S/C12H22O3/c1-8(2)6-4-5-7-10-11(13)9(3)15-12(10)14/h8-11,13H,4-7H2,1-3H3/t9-,10+,11-/m0/s1. The Labute approximate surface area is 91.8 Å². The second-order valence-corrected chi connectivity index (χ2v) is 4.92. The highest BCUT2D eigenvalue weighted by Crippen LogP contribution is 2.26. The van der Waals surface area contributed by atoms with E-state index in [-0.39, 0.29) is 18.0 Å². The van der Waals surface area contributed by atoms with Crippen LogP contribution in [0.25, 0.3) is 0 Å². The van der Waals surface area contributed by atoms with Gasteiger partial charge >= 0.3 is 5.97 Å². The van der Waals surface area contributed by atoms with Crippen LogP contribution in [-0.2, 0) is 9.53 Å². The highest BCUT2D eigenvalue weighted by Gasteiger charge is 2.40. The molecule has 1 rings (SSSR count). The van der Waals surface area contributed by atoms with Gasteiger partial charge in [0.05, 0.1) is 5.92 Å². The SMILES string of the molecule is CC(C)CCCC[C@H]1C(=O)O[C@@H](C)[C@@H]1O. The van der Waals surface area contributed by atoms with E-state index in [4.69, 9.17) is 4.74 Å². The first-order chi connectivity index (χ1) is 7.02. The average Bonchev–Trinajstić information content (AvgIpc) is 2.37. The third-order valence-corrected chi connectivity index (χ3v) is 3.04. The van der Waals surface area contributed by atoms with Gasteiger partial charge in [-0.25, -0.2) is 0 Å². The van der Waals surface area contributed by atoms with E-state index in [0.29, 0.717) is 5.92 Å². The van der Waals surface area contributed by atoms with E-state index in [1.165, 1.54) is 6.42 Å². The number of carbonyl (C=O) groups excluding carboxylic acids is 1. The van der Waals surface area contributed by atoms with Crippen molar-refractivity contribution >= 4 is 5.97 Å². The van der Waals surface area contributed by atoms with Gasteiger partial charge < -0.3 is 9.84 Å². The van der Waals surface area contributed by atoms with Crippen LogP contribution in [0.1, 0.15) is 46.5 Å². The Morgan fingerprint density at radius 2 is 2.07 bits per heavy atom. The molecule has 1 N–H and O–H groups in total. The Kier molecular flexibility index (Phi) is 4.58. The molecule has 1 aliphatic heterocycles. The first-order valence-electron chi connectivity index (χ1n) is 5.91. The van der Waals surface area contributed by atoms with Crippen molar-refractivity contribution in [2.45, 2.75) is 58.7 Å². The van der Waals surface area contributed by atoms with E-state index < -0.39 is 6.10 Å². The van der Waals surface area contributed by atoms with Crippen molar-refractivity contribution < 1.29 is 14.6 Å². The molecule has 0 aromatic rings. The number of ether oxygens (including phenoxy) is 1. The summed E-state index contributed by atoms with van der Waals surface area (Å²) in [6, 6.07) is 0. The zero-order chi connectivity index (χ0) is 11.4. The molecule has 88 valence electrons. The minimum atomic E-state index is -0.600. The maximum atomic E-state index is 11.3. The summed E-state index contributed by atoms with van der Waals surface area (Å²) in [5.74, 6) is 0.205.